The van der Waals surface area contributed by atoms with Crippen LogP contribution in [-0.2, 0) is 16.0 Å². The number of carbonyl (C=O) groups excluding carboxylic acids is 1. The van der Waals surface area contributed by atoms with E-state index in [4.69, 9.17) is 10.5 Å². The highest BCUT2D eigenvalue weighted by molar-refractivity contribution is 5.79. The number of morpholine rings is 1. The molecule has 1 fully saturated rings. The zero-order valence-electron chi connectivity index (χ0n) is 10.9. The zero-order valence-corrected chi connectivity index (χ0v) is 10.9. The Morgan fingerprint density at radius 3 is 2.39 bits per heavy atom. The van der Waals surface area contributed by atoms with Crippen molar-refractivity contribution in [1.82, 2.24) is 4.90 Å². The number of nitrogens with zero attached hydrogens (tertiary/aromatic N) is 1. The summed E-state index contributed by atoms with van der Waals surface area (Å²) in [5.41, 5.74) is 7.35. The van der Waals surface area contributed by atoms with Gasteiger partial charge in [-0.2, -0.15) is 0 Å². The molecule has 0 saturated carbocycles. The van der Waals surface area contributed by atoms with Gasteiger partial charge in [0.15, 0.2) is 0 Å². The molecule has 4 nitrogen and oxygen atoms in total. The van der Waals surface area contributed by atoms with Crippen LogP contribution >= 0.6 is 0 Å². The fourth-order valence-corrected chi connectivity index (χ4v) is 2.40. The van der Waals surface area contributed by atoms with Gasteiger partial charge in [-0.05, 0) is 31.5 Å². The van der Waals surface area contributed by atoms with Gasteiger partial charge in [0.2, 0.25) is 5.91 Å². The summed E-state index contributed by atoms with van der Waals surface area (Å²) in [7, 11) is 0. The summed E-state index contributed by atoms with van der Waals surface area (Å²) in [5, 5.41) is 0. The van der Waals surface area contributed by atoms with E-state index in [2.05, 4.69) is 0 Å². The highest BCUT2D eigenvalue weighted by atomic mass is 16.5. The van der Waals surface area contributed by atoms with Gasteiger partial charge in [-0.15, -0.1) is 0 Å². The second-order valence-corrected chi connectivity index (χ2v) is 4.95. The molecular formula is C14H20N2O2. The maximum Gasteiger partial charge on any atom is 0.227 e. The Morgan fingerprint density at radius 2 is 1.83 bits per heavy atom. The fourth-order valence-electron chi connectivity index (χ4n) is 2.40. The number of benzene rings is 1. The average Bonchev–Trinajstić information content (AvgIpc) is 2.32. The number of anilines is 1. The van der Waals surface area contributed by atoms with Gasteiger partial charge in [0.1, 0.15) is 0 Å². The third kappa shape index (κ3) is 2.82. The number of nitrogen functional groups attached to an aromatic ring is 1. The molecule has 18 heavy (non-hydrogen) atoms. The number of hydrogen-bond donors (Lipinski definition) is 1. The molecule has 0 aromatic heterocycles. The minimum absolute atomic E-state index is 0.148. The summed E-state index contributed by atoms with van der Waals surface area (Å²) in [4.78, 5) is 14.2. The summed E-state index contributed by atoms with van der Waals surface area (Å²) >= 11 is 0. The van der Waals surface area contributed by atoms with E-state index in [9.17, 15) is 4.79 Å². The number of amides is 1. The van der Waals surface area contributed by atoms with Gasteiger partial charge in [-0.25, -0.2) is 0 Å². The van der Waals surface area contributed by atoms with Gasteiger partial charge >= 0.3 is 0 Å². The first-order valence-electron chi connectivity index (χ1n) is 6.31. The van der Waals surface area contributed by atoms with Gasteiger partial charge < -0.3 is 15.4 Å². The fraction of sp³-hybridized carbons (Fsp3) is 0.500. The molecule has 1 saturated heterocycles. The molecule has 1 aliphatic heterocycles. The summed E-state index contributed by atoms with van der Waals surface area (Å²) in [5.74, 6) is 0.156. The maximum atomic E-state index is 12.3. The largest absolute Gasteiger partial charge is 0.399 e. The van der Waals surface area contributed by atoms with Crippen molar-refractivity contribution in [2.45, 2.75) is 32.4 Å². The monoisotopic (exact) mass is 248 g/mol. The van der Waals surface area contributed by atoms with Crippen molar-refractivity contribution in [1.29, 1.82) is 0 Å². The van der Waals surface area contributed by atoms with E-state index in [1.54, 1.807) is 0 Å². The predicted molar refractivity (Wildman–Crippen MR) is 71.1 cm³/mol. The lowest BCUT2D eigenvalue weighted by molar-refractivity contribution is -0.143. The lowest BCUT2D eigenvalue weighted by Crippen LogP contribution is -2.53. The maximum absolute atomic E-state index is 12.3. The Balaban J connectivity index is 2.04. The third-order valence-corrected chi connectivity index (χ3v) is 3.29. The number of nitrogens with two attached hydrogens (primary N) is 1. The third-order valence-electron chi connectivity index (χ3n) is 3.29. The molecule has 1 heterocycles. The molecule has 0 unspecified atom stereocenters. The first-order valence-corrected chi connectivity index (χ1v) is 6.31. The lowest BCUT2D eigenvalue weighted by Gasteiger charge is -2.38. The smallest absolute Gasteiger partial charge is 0.227 e. The molecule has 1 aliphatic rings. The van der Waals surface area contributed by atoms with E-state index >= 15 is 0 Å². The Morgan fingerprint density at radius 1 is 1.28 bits per heavy atom. The predicted octanol–water partition coefficient (Wildman–Crippen LogP) is 1.45. The van der Waals surface area contributed by atoms with Crippen LogP contribution in [0.1, 0.15) is 19.4 Å². The van der Waals surface area contributed by atoms with Crippen LogP contribution in [0, 0.1) is 0 Å². The second kappa shape index (κ2) is 5.40. The lowest BCUT2D eigenvalue weighted by atomic mass is 10.1. The van der Waals surface area contributed by atoms with E-state index in [0.29, 0.717) is 19.6 Å². The van der Waals surface area contributed by atoms with Gasteiger partial charge in [-0.1, -0.05) is 12.1 Å². The second-order valence-electron chi connectivity index (χ2n) is 4.95. The standard InChI is InChI=1S/C14H20N2O2/c1-10-8-18-9-11(2)16(10)14(17)7-12-3-5-13(15)6-4-12/h3-6,10-11H,7-9,15H2,1-2H3/t10-,11+. The number of hydrogen-bond acceptors (Lipinski definition) is 3. The molecule has 1 aromatic rings. The quantitative estimate of drug-likeness (QED) is 0.806. The summed E-state index contributed by atoms with van der Waals surface area (Å²) in [6.07, 6.45) is 0.426. The molecule has 0 bridgehead atoms. The van der Waals surface area contributed by atoms with Crippen LogP contribution < -0.4 is 5.73 Å². The van der Waals surface area contributed by atoms with Crippen LogP contribution in [0.15, 0.2) is 24.3 Å². The molecule has 0 spiro atoms. The van der Waals surface area contributed by atoms with Gasteiger partial charge in [-0.3, -0.25) is 4.79 Å². The number of ether oxygens (including phenoxy) is 1. The normalized spacial score (nSPS) is 24.0. The Bertz CT molecular complexity index is 406. The van der Waals surface area contributed by atoms with Crippen molar-refractivity contribution >= 4 is 11.6 Å². The topological polar surface area (TPSA) is 55.6 Å². The SMILES string of the molecule is C[C@@H]1COC[C@H](C)N1C(=O)Cc1ccc(N)cc1. The van der Waals surface area contributed by atoms with Crippen molar-refractivity contribution < 1.29 is 9.53 Å². The Kier molecular flexibility index (Phi) is 3.87. The molecule has 0 aliphatic carbocycles. The van der Waals surface area contributed by atoms with E-state index in [1.807, 2.05) is 43.0 Å². The zero-order chi connectivity index (χ0) is 13.1. The van der Waals surface area contributed by atoms with Gasteiger partial charge in [0.05, 0.1) is 31.7 Å². The molecule has 2 atom stereocenters. The molecule has 2 rings (SSSR count). The van der Waals surface area contributed by atoms with Crippen LogP contribution in [-0.4, -0.2) is 36.1 Å². The highest BCUT2D eigenvalue weighted by Crippen LogP contribution is 2.16. The molecule has 1 amide bonds. The summed E-state index contributed by atoms with van der Waals surface area (Å²) in [6.45, 7) is 5.29. The molecule has 98 valence electrons. The highest BCUT2D eigenvalue weighted by Gasteiger charge is 2.29. The van der Waals surface area contributed by atoms with Crippen molar-refractivity contribution in [2.75, 3.05) is 18.9 Å². The van der Waals surface area contributed by atoms with Gasteiger partial charge in [0.25, 0.3) is 0 Å². The molecule has 4 heteroatoms. The Hall–Kier alpha value is -1.55. The van der Waals surface area contributed by atoms with Crippen LogP contribution in [0.2, 0.25) is 0 Å². The van der Waals surface area contributed by atoms with Crippen LogP contribution in [0.3, 0.4) is 0 Å². The van der Waals surface area contributed by atoms with Crippen LogP contribution in [0.25, 0.3) is 0 Å². The molecule has 2 N–H and O–H groups in total. The van der Waals surface area contributed by atoms with E-state index in [-0.39, 0.29) is 18.0 Å². The minimum atomic E-state index is 0.148. The van der Waals surface area contributed by atoms with Crippen LogP contribution in [0.5, 0.6) is 0 Å². The first-order chi connectivity index (χ1) is 8.58. The van der Waals surface area contributed by atoms with Crippen molar-refractivity contribution in [3.05, 3.63) is 29.8 Å². The van der Waals surface area contributed by atoms with Crippen molar-refractivity contribution in [3.63, 3.8) is 0 Å². The molecule has 0 radical (unpaired) electrons. The summed E-state index contributed by atoms with van der Waals surface area (Å²) in [6, 6.07) is 7.76. The van der Waals surface area contributed by atoms with E-state index in [0.717, 1.165) is 11.3 Å². The average molecular weight is 248 g/mol. The Labute approximate surface area is 108 Å². The van der Waals surface area contributed by atoms with Crippen LogP contribution in [0.4, 0.5) is 5.69 Å². The first kappa shape index (κ1) is 12.9. The van der Waals surface area contributed by atoms with E-state index < -0.39 is 0 Å². The van der Waals surface area contributed by atoms with E-state index in [1.165, 1.54) is 0 Å². The number of carbonyl (C=O) groups is 1. The van der Waals surface area contributed by atoms with Crippen molar-refractivity contribution in [3.8, 4) is 0 Å². The number of rotatable bonds is 2. The molecule has 1 aromatic carbocycles. The van der Waals surface area contributed by atoms with Gasteiger partial charge in [0, 0.05) is 5.69 Å². The van der Waals surface area contributed by atoms with Crippen molar-refractivity contribution in [2.24, 2.45) is 0 Å². The summed E-state index contributed by atoms with van der Waals surface area (Å²) < 4.78 is 5.43. The molecular weight excluding hydrogens is 228 g/mol. The minimum Gasteiger partial charge on any atom is -0.399 e.